The third-order valence-corrected chi connectivity index (χ3v) is 3.31. The van der Waals surface area contributed by atoms with Crippen molar-refractivity contribution < 1.29 is 0 Å². The van der Waals surface area contributed by atoms with Crippen LogP contribution in [0.25, 0.3) is 10.9 Å². The highest BCUT2D eigenvalue weighted by atomic mass is 15.0. The minimum Gasteiger partial charge on any atom is -0.398 e. The highest BCUT2D eigenvalue weighted by Crippen LogP contribution is 2.28. The van der Waals surface area contributed by atoms with Crippen LogP contribution < -0.4 is 11.1 Å². The lowest BCUT2D eigenvalue weighted by Crippen LogP contribution is -2.09. The van der Waals surface area contributed by atoms with Gasteiger partial charge in [0.25, 0.3) is 0 Å². The number of fused-ring (bicyclic) bond motifs is 1. The normalized spacial score (nSPS) is 12.2. The third-order valence-electron chi connectivity index (χ3n) is 3.31. The Morgan fingerprint density at radius 1 is 1.00 bits per heavy atom. The zero-order valence-corrected chi connectivity index (χ0v) is 11.2. The average molecular weight is 264 g/mol. The van der Waals surface area contributed by atoms with Crippen molar-refractivity contribution in [3.63, 3.8) is 0 Å². The highest BCUT2D eigenvalue weighted by Gasteiger charge is 2.10. The summed E-state index contributed by atoms with van der Waals surface area (Å²) in [6.45, 7) is 2.08. The molecule has 0 aliphatic rings. The number of aromatic nitrogens is 2. The fourth-order valence-corrected chi connectivity index (χ4v) is 2.25. The molecule has 3 rings (SSSR count). The number of hydrogen-bond donors (Lipinski definition) is 2. The number of benzene rings is 1. The summed E-state index contributed by atoms with van der Waals surface area (Å²) in [5, 5.41) is 4.41. The minimum absolute atomic E-state index is 0.102. The van der Waals surface area contributed by atoms with Crippen molar-refractivity contribution in [1.82, 2.24) is 9.97 Å². The van der Waals surface area contributed by atoms with Gasteiger partial charge in [0.1, 0.15) is 0 Å². The Kier molecular flexibility index (Phi) is 3.21. The predicted octanol–water partition coefficient (Wildman–Crippen LogP) is 3.39. The molecule has 20 heavy (non-hydrogen) atoms. The van der Waals surface area contributed by atoms with Gasteiger partial charge in [0.2, 0.25) is 0 Å². The molecule has 2 aromatic heterocycles. The molecule has 0 saturated carbocycles. The number of nitrogens with one attached hydrogen (secondary N) is 1. The smallest absolute Gasteiger partial charge is 0.0954 e. The second-order valence-corrected chi connectivity index (χ2v) is 4.72. The SMILES string of the molecule is CC(Nc1ccc(N)c2cccnc12)c1ccccn1. The van der Waals surface area contributed by atoms with Gasteiger partial charge in [-0.1, -0.05) is 6.07 Å². The van der Waals surface area contributed by atoms with E-state index in [0.29, 0.717) is 0 Å². The monoisotopic (exact) mass is 264 g/mol. The van der Waals surface area contributed by atoms with Crippen molar-refractivity contribution >= 4 is 22.3 Å². The summed E-state index contributed by atoms with van der Waals surface area (Å²) in [5.41, 5.74) is 9.57. The van der Waals surface area contributed by atoms with Crippen LogP contribution in [0, 0.1) is 0 Å². The molecule has 1 atom stereocenters. The molecule has 0 fully saturated rings. The van der Waals surface area contributed by atoms with Gasteiger partial charge in [-0.3, -0.25) is 9.97 Å². The Bertz CT molecular complexity index is 725. The van der Waals surface area contributed by atoms with Crippen LogP contribution >= 0.6 is 0 Å². The van der Waals surface area contributed by atoms with Gasteiger partial charge in [-0.15, -0.1) is 0 Å². The Labute approximate surface area is 117 Å². The minimum atomic E-state index is 0.102. The van der Waals surface area contributed by atoms with E-state index in [-0.39, 0.29) is 6.04 Å². The zero-order valence-electron chi connectivity index (χ0n) is 11.2. The van der Waals surface area contributed by atoms with E-state index in [4.69, 9.17) is 5.73 Å². The van der Waals surface area contributed by atoms with Gasteiger partial charge < -0.3 is 11.1 Å². The molecule has 0 radical (unpaired) electrons. The van der Waals surface area contributed by atoms with Gasteiger partial charge in [0.15, 0.2) is 0 Å². The van der Waals surface area contributed by atoms with Gasteiger partial charge in [-0.05, 0) is 43.3 Å². The molecule has 100 valence electrons. The Hall–Kier alpha value is -2.62. The van der Waals surface area contributed by atoms with E-state index in [1.807, 2.05) is 42.5 Å². The van der Waals surface area contributed by atoms with E-state index in [2.05, 4.69) is 22.2 Å². The van der Waals surface area contributed by atoms with Crippen LogP contribution in [0.2, 0.25) is 0 Å². The van der Waals surface area contributed by atoms with Crippen molar-refractivity contribution in [2.75, 3.05) is 11.1 Å². The van der Waals surface area contributed by atoms with Crippen LogP contribution in [-0.4, -0.2) is 9.97 Å². The first-order valence-corrected chi connectivity index (χ1v) is 6.56. The van der Waals surface area contributed by atoms with Crippen molar-refractivity contribution in [2.45, 2.75) is 13.0 Å². The van der Waals surface area contributed by atoms with Gasteiger partial charge in [-0.25, -0.2) is 0 Å². The maximum Gasteiger partial charge on any atom is 0.0954 e. The molecule has 4 heteroatoms. The lowest BCUT2D eigenvalue weighted by Gasteiger charge is -2.16. The first-order chi connectivity index (χ1) is 9.75. The molecule has 0 spiro atoms. The molecule has 1 unspecified atom stereocenters. The number of pyridine rings is 2. The van der Waals surface area contributed by atoms with Crippen molar-refractivity contribution in [3.8, 4) is 0 Å². The van der Waals surface area contributed by atoms with Crippen molar-refractivity contribution in [2.24, 2.45) is 0 Å². The van der Waals surface area contributed by atoms with E-state index in [1.54, 1.807) is 12.4 Å². The van der Waals surface area contributed by atoms with E-state index in [1.165, 1.54) is 0 Å². The first-order valence-electron chi connectivity index (χ1n) is 6.56. The summed E-state index contributed by atoms with van der Waals surface area (Å²) in [5.74, 6) is 0. The van der Waals surface area contributed by atoms with Crippen molar-refractivity contribution in [1.29, 1.82) is 0 Å². The lowest BCUT2D eigenvalue weighted by molar-refractivity contribution is 0.840. The van der Waals surface area contributed by atoms with E-state index >= 15 is 0 Å². The molecule has 4 nitrogen and oxygen atoms in total. The number of anilines is 2. The average Bonchev–Trinajstić information content (AvgIpc) is 2.51. The summed E-state index contributed by atoms with van der Waals surface area (Å²) < 4.78 is 0. The Balaban J connectivity index is 1.97. The van der Waals surface area contributed by atoms with Crippen LogP contribution in [0.4, 0.5) is 11.4 Å². The Morgan fingerprint density at radius 3 is 2.65 bits per heavy atom. The molecule has 2 heterocycles. The summed E-state index contributed by atoms with van der Waals surface area (Å²) in [6, 6.07) is 13.7. The van der Waals surface area contributed by atoms with Crippen LogP contribution in [0.5, 0.6) is 0 Å². The molecule has 0 amide bonds. The molecule has 0 saturated heterocycles. The predicted molar refractivity (Wildman–Crippen MR) is 82.4 cm³/mol. The summed E-state index contributed by atoms with van der Waals surface area (Å²) in [4.78, 5) is 8.79. The maximum atomic E-state index is 5.99. The molecular weight excluding hydrogens is 248 g/mol. The van der Waals surface area contributed by atoms with Gasteiger partial charge >= 0.3 is 0 Å². The van der Waals surface area contributed by atoms with E-state index in [0.717, 1.165) is 28.0 Å². The topological polar surface area (TPSA) is 63.8 Å². The van der Waals surface area contributed by atoms with Crippen molar-refractivity contribution in [3.05, 3.63) is 60.6 Å². The van der Waals surface area contributed by atoms with Crippen LogP contribution in [0.1, 0.15) is 18.7 Å². The molecular formula is C16H16N4. The standard InChI is InChI=1S/C16H16N4/c1-11(14-6-2-3-9-18-14)20-15-8-7-13(17)12-5-4-10-19-16(12)15/h2-11,20H,17H2,1H3. The maximum absolute atomic E-state index is 5.99. The summed E-state index contributed by atoms with van der Waals surface area (Å²) >= 11 is 0. The fourth-order valence-electron chi connectivity index (χ4n) is 2.25. The third kappa shape index (κ3) is 2.28. The molecule has 0 aliphatic heterocycles. The van der Waals surface area contributed by atoms with Gasteiger partial charge in [0, 0.05) is 23.5 Å². The second kappa shape index (κ2) is 5.17. The van der Waals surface area contributed by atoms with Crippen LogP contribution in [-0.2, 0) is 0 Å². The lowest BCUT2D eigenvalue weighted by atomic mass is 10.1. The molecule has 3 aromatic rings. The quantitative estimate of drug-likeness (QED) is 0.712. The van der Waals surface area contributed by atoms with Crippen LogP contribution in [0.15, 0.2) is 54.9 Å². The number of hydrogen-bond acceptors (Lipinski definition) is 4. The van der Waals surface area contributed by atoms with E-state index in [9.17, 15) is 0 Å². The van der Waals surface area contributed by atoms with Crippen LogP contribution in [0.3, 0.4) is 0 Å². The molecule has 0 bridgehead atoms. The zero-order chi connectivity index (χ0) is 13.9. The Morgan fingerprint density at radius 2 is 1.85 bits per heavy atom. The van der Waals surface area contributed by atoms with Gasteiger partial charge in [-0.2, -0.15) is 0 Å². The molecule has 3 N–H and O–H groups in total. The highest BCUT2D eigenvalue weighted by molar-refractivity contribution is 5.98. The van der Waals surface area contributed by atoms with E-state index < -0.39 is 0 Å². The number of nitrogen functional groups attached to an aromatic ring is 1. The first kappa shape index (κ1) is 12.4. The summed E-state index contributed by atoms with van der Waals surface area (Å²) in [6.07, 6.45) is 3.57. The second-order valence-electron chi connectivity index (χ2n) is 4.72. The summed E-state index contributed by atoms with van der Waals surface area (Å²) in [7, 11) is 0. The van der Waals surface area contributed by atoms with Gasteiger partial charge in [0.05, 0.1) is 22.9 Å². The fraction of sp³-hybridized carbons (Fsp3) is 0.125. The number of rotatable bonds is 3. The largest absolute Gasteiger partial charge is 0.398 e. The molecule has 0 aliphatic carbocycles. The number of nitrogens with zero attached hydrogens (tertiary/aromatic N) is 2. The molecule has 1 aromatic carbocycles. The number of nitrogens with two attached hydrogens (primary N) is 1.